The highest BCUT2D eigenvalue weighted by Crippen LogP contribution is 2.65. The van der Waals surface area contributed by atoms with E-state index in [4.69, 9.17) is 15.0 Å². The van der Waals surface area contributed by atoms with Crippen LogP contribution in [0.15, 0.2) is 151 Å². The molecule has 8 aromatic rings. The highest BCUT2D eigenvalue weighted by Gasteiger charge is 2.53. The molecule has 2 aliphatic rings. The predicted molar refractivity (Wildman–Crippen MR) is 215 cm³/mol. The molecule has 10 rings (SSSR count). The van der Waals surface area contributed by atoms with Crippen molar-refractivity contribution in [1.29, 1.82) is 0 Å². The van der Waals surface area contributed by atoms with Crippen LogP contribution < -0.4 is 4.90 Å². The third kappa shape index (κ3) is 4.40. The number of nitrogens with zero attached hydrogens (tertiary/aromatic N) is 5. The molecule has 0 atom stereocenters. The minimum absolute atomic E-state index is 0.474. The smallest absolute Gasteiger partial charge is 0.182 e. The number of hydrogen-bond acceptors (Lipinski definition) is 7. The summed E-state index contributed by atoms with van der Waals surface area (Å²) in [6.07, 6.45) is 5.63. The summed E-state index contributed by atoms with van der Waals surface area (Å²) in [7, 11) is 0. The van der Waals surface area contributed by atoms with Gasteiger partial charge in [-0.1, -0.05) is 92.0 Å². The maximum atomic E-state index is 5.03. The third-order valence-electron chi connectivity index (χ3n) is 10.1. The molecule has 1 spiro atoms. The van der Waals surface area contributed by atoms with Crippen molar-refractivity contribution in [3.05, 3.63) is 185 Å². The van der Waals surface area contributed by atoms with Crippen LogP contribution in [-0.2, 0) is 5.41 Å². The van der Waals surface area contributed by atoms with Crippen molar-refractivity contribution in [2.45, 2.75) is 5.41 Å². The topological polar surface area (TPSA) is 54.8 Å². The molecule has 5 heterocycles. The molecule has 52 heavy (non-hydrogen) atoms. The lowest BCUT2D eigenvalue weighted by atomic mass is 9.65. The Morgan fingerprint density at radius 2 is 1.19 bits per heavy atom. The summed E-state index contributed by atoms with van der Waals surface area (Å²) in [6.45, 7) is 8.42. The van der Waals surface area contributed by atoms with Crippen LogP contribution in [0.2, 0.25) is 0 Å². The van der Waals surface area contributed by atoms with Crippen LogP contribution in [0.25, 0.3) is 56.2 Å². The van der Waals surface area contributed by atoms with Crippen LogP contribution in [-0.4, -0.2) is 19.9 Å². The second kappa shape index (κ2) is 11.9. The first kappa shape index (κ1) is 30.5. The fraction of sp³-hybridized carbons (Fsp3) is 0.0222. The van der Waals surface area contributed by atoms with Crippen LogP contribution >= 0.6 is 22.7 Å². The van der Waals surface area contributed by atoms with Crippen LogP contribution in [0.3, 0.4) is 0 Å². The standard InChI is InChI=1S/C45H29N5S2/c1-3-28-26-36-39(27-29(28)4-2)50(38-19-9-8-17-33(38)45(36)34-20-23-51-40(34)41-35(45)21-24-52-41)32-16-12-15-31(25-32)43-47-42(30-13-6-5-7-14-30)48-44(49-43)37-18-10-11-22-46-37/h3-27H,1-2H2. The molecule has 7 heteroatoms. The van der Waals surface area contributed by atoms with Gasteiger partial charge in [0.25, 0.3) is 0 Å². The van der Waals surface area contributed by atoms with E-state index in [1.807, 2.05) is 83.4 Å². The number of pyridine rings is 1. The van der Waals surface area contributed by atoms with Gasteiger partial charge in [-0.05, 0) is 98.7 Å². The van der Waals surface area contributed by atoms with E-state index >= 15 is 0 Å². The first-order chi connectivity index (χ1) is 25.7. The first-order valence-electron chi connectivity index (χ1n) is 17.0. The normalized spacial score (nSPS) is 13.3. The van der Waals surface area contributed by atoms with Gasteiger partial charge in [0.05, 0.1) is 16.8 Å². The van der Waals surface area contributed by atoms with E-state index in [0.29, 0.717) is 23.2 Å². The number of thiophene rings is 2. The van der Waals surface area contributed by atoms with E-state index in [1.54, 1.807) is 6.20 Å². The van der Waals surface area contributed by atoms with Gasteiger partial charge >= 0.3 is 0 Å². The molecule has 0 amide bonds. The number of benzene rings is 4. The Balaban J connectivity index is 1.22. The molecule has 0 radical (unpaired) electrons. The zero-order chi connectivity index (χ0) is 34.8. The molecule has 1 aliphatic carbocycles. The van der Waals surface area contributed by atoms with E-state index in [2.05, 4.69) is 107 Å². The average Bonchev–Trinajstić information content (AvgIpc) is 3.95. The maximum Gasteiger partial charge on any atom is 0.182 e. The van der Waals surface area contributed by atoms with Gasteiger partial charge in [0.15, 0.2) is 17.5 Å². The second-order valence-electron chi connectivity index (χ2n) is 12.8. The lowest BCUT2D eigenvalue weighted by Gasteiger charge is -2.45. The number of para-hydroxylation sites is 1. The molecule has 0 saturated heterocycles. The molecule has 4 aromatic heterocycles. The van der Waals surface area contributed by atoms with Crippen LogP contribution in [0.1, 0.15) is 33.4 Å². The van der Waals surface area contributed by atoms with Crippen molar-refractivity contribution < 1.29 is 0 Å². The van der Waals surface area contributed by atoms with Gasteiger partial charge in [0.2, 0.25) is 0 Å². The molecular weight excluding hydrogens is 675 g/mol. The Morgan fingerprint density at radius 1 is 0.538 bits per heavy atom. The minimum Gasteiger partial charge on any atom is -0.310 e. The molecular formula is C45H29N5S2. The number of aromatic nitrogens is 4. The largest absolute Gasteiger partial charge is 0.310 e. The molecule has 5 nitrogen and oxygen atoms in total. The summed E-state index contributed by atoms with van der Waals surface area (Å²) in [4.78, 5) is 24.5. The molecule has 0 N–H and O–H groups in total. The quantitative estimate of drug-likeness (QED) is 0.173. The summed E-state index contributed by atoms with van der Waals surface area (Å²) in [6, 6.07) is 42.4. The molecule has 0 fully saturated rings. The minimum atomic E-state index is -0.474. The van der Waals surface area contributed by atoms with Crippen molar-refractivity contribution in [2.75, 3.05) is 4.90 Å². The van der Waals surface area contributed by atoms with E-state index in [-0.39, 0.29) is 0 Å². The fourth-order valence-electron chi connectivity index (χ4n) is 7.90. The summed E-state index contributed by atoms with van der Waals surface area (Å²) < 4.78 is 0. The van der Waals surface area contributed by atoms with Crippen LogP contribution in [0.5, 0.6) is 0 Å². The van der Waals surface area contributed by atoms with Gasteiger partial charge in [0, 0.05) is 32.8 Å². The summed E-state index contributed by atoms with van der Waals surface area (Å²) >= 11 is 3.65. The number of hydrogen-bond donors (Lipinski definition) is 0. The van der Waals surface area contributed by atoms with Crippen molar-refractivity contribution in [2.24, 2.45) is 0 Å². The highest BCUT2D eigenvalue weighted by molar-refractivity contribution is 7.21. The van der Waals surface area contributed by atoms with E-state index in [0.717, 1.165) is 39.3 Å². The van der Waals surface area contributed by atoms with Gasteiger partial charge in [0.1, 0.15) is 5.69 Å². The van der Waals surface area contributed by atoms with Gasteiger partial charge in [-0.2, -0.15) is 0 Å². The van der Waals surface area contributed by atoms with Gasteiger partial charge in [-0.15, -0.1) is 22.7 Å². The van der Waals surface area contributed by atoms with E-state index in [1.165, 1.54) is 32.0 Å². The van der Waals surface area contributed by atoms with E-state index < -0.39 is 5.41 Å². The van der Waals surface area contributed by atoms with Crippen molar-refractivity contribution in [3.63, 3.8) is 0 Å². The number of rotatable bonds is 6. The van der Waals surface area contributed by atoms with Crippen LogP contribution in [0.4, 0.5) is 17.1 Å². The Bertz CT molecular complexity index is 2590. The average molecular weight is 704 g/mol. The monoisotopic (exact) mass is 703 g/mol. The highest BCUT2D eigenvalue weighted by atomic mass is 32.1. The summed E-state index contributed by atoms with van der Waals surface area (Å²) in [5.41, 5.74) is 12.5. The Morgan fingerprint density at radius 3 is 1.92 bits per heavy atom. The zero-order valence-electron chi connectivity index (χ0n) is 27.9. The molecule has 0 bridgehead atoms. The van der Waals surface area contributed by atoms with Gasteiger partial charge in [-0.25, -0.2) is 15.0 Å². The predicted octanol–water partition coefficient (Wildman–Crippen LogP) is 11.8. The second-order valence-corrected chi connectivity index (χ2v) is 14.6. The third-order valence-corrected chi connectivity index (χ3v) is 12.1. The molecule has 246 valence electrons. The lowest BCUT2D eigenvalue weighted by Crippen LogP contribution is -2.36. The number of fused-ring (bicyclic) bond motifs is 9. The Kier molecular flexibility index (Phi) is 6.99. The molecule has 0 saturated carbocycles. The SMILES string of the molecule is C=Cc1cc2c(cc1C=C)C1(c3ccccc3N2c2cccc(-c3nc(-c4ccccc4)nc(-c4ccccn4)n3)c2)c2ccsc2-c2sccc21. The molecule has 0 unspecified atom stereocenters. The summed E-state index contributed by atoms with van der Waals surface area (Å²) in [5.74, 6) is 1.70. The van der Waals surface area contributed by atoms with Gasteiger partial charge in [-0.3, -0.25) is 4.98 Å². The fourth-order valence-corrected chi connectivity index (χ4v) is 10.00. The van der Waals surface area contributed by atoms with Crippen molar-refractivity contribution >= 4 is 51.9 Å². The van der Waals surface area contributed by atoms with Crippen molar-refractivity contribution in [1.82, 2.24) is 19.9 Å². The molecule has 4 aromatic carbocycles. The summed E-state index contributed by atoms with van der Waals surface area (Å²) in [5, 5.41) is 4.47. The van der Waals surface area contributed by atoms with Gasteiger partial charge < -0.3 is 4.90 Å². The van der Waals surface area contributed by atoms with Crippen LogP contribution in [0, 0.1) is 0 Å². The number of anilines is 3. The maximum absolute atomic E-state index is 5.03. The lowest BCUT2D eigenvalue weighted by molar-refractivity contribution is 0.755. The zero-order valence-corrected chi connectivity index (χ0v) is 29.5. The first-order valence-corrected chi connectivity index (χ1v) is 18.8. The van der Waals surface area contributed by atoms with Crippen molar-refractivity contribution in [3.8, 4) is 44.0 Å². The van der Waals surface area contributed by atoms with E-state index in [9.17, 15) is 0 Å². The molecule has 1 aliphatic heterocycles. The Labute approximate surface area is 309 Å². The Hall–Kier alpha value is -6.28.